The molecule has 0 amide bonds. The van der Waals surface area contributed by atoms with Crippen LogP contribution in [0, 0.1) is 5.82 Å². The highest BCUT2D eigenvalue weighted by atomic mass is 31.2. The number of phosphoric acid groups is 1. The van der Waals surface area contributed by atoms with Crippen molar-refractivity contribution in [3.8, 4) is 11.5 Å². The molecule has 1 aliphatic heterocycles. The van der Waals surface area contributed by atoms with E-state index in [-0.39, 0.29) is 29.1 Å². The van der Waals surface area contributed by atoms with E-state index in [9.17, 15) is 29.4 Å². The Balaban J connectivity index is 1.60. The van der Waals surface area contributed by atoms with Crippen LogP contribution >= 0.6 is 7.82 Å². The van der Waals surface area contributed by atoms with E-state index in [1.165, 1.54) is 10.9 Å². The molecular weight excluding hydrogens is 468 g/mol. The lowest BCUT2D eigenvalue weighted by molar-refractivity contribution is -0.0511. The summed E-state index contributed by atoms with van der Waals surface area (Å²) in [5.41, 5.74) is 0.0129. The second kappa shape index (κ2) is 8.79. The zero-order chi connectivity index (χ0) is 23.9. The topological polar surface area (TPSA) is 213 Å². The van der Waals surface area contributed by atoms with Crippen LogP contribution in [-0.4, -0.2) is 74.7 Å². The van der Waals surface area contributed by atoms with Crippen molar-refractivity contribution in [1.82, 2.24) is 19.5 Å². The molecule has 2 aromatic heterocycles. The molecule has 7 N–H and O–H groups in total. The number of rotatable bonds is 7. The molecule has 4 rings (SSSR count). The van der Waals surface area contributed by atoms with Crippen LogP contribution in [0.2, 0.25) is 0 Å². The van der Waals surface area contributed by atoms with Crippen molar-refractivity contribution in [3.05, 3.63) is 36.2 Å². The molecule has 0 bridgehead atoms. The fourth-order valence-electron chi connectivity index (χ4n) is 3.41. The van der Waals surface area contributed by atoms with Gasteiger partial charge in [0.25, 0.3) is 0 Å². The Hall–Kier alpha value is -2.91. The van der Waals surface area contributed by atoms with E-state index in [0.717, 1.165) is 18.5 Å². The molecule has 3 heterocycles. The average molecular weight is 487 g/mol. The highest BCUT2D eigenvalue weighted by Gasteiger charge is 2.44. The minimum atomic E-state index is -5.02. The summed E-state index contributed by atoms with van der Waals surface area (Å²) in [4.78, 5) is 30.1. The number of anilines is 1. The Kier molecular flexibility index (Phi) is 6.20. The van der Waals surface area contributed by atoms with Crippen LogP contribution in [0.5, 0.6) is 11.5 Å². The lowest BCUT2D eigenvalue weighted by Crippen LogP contribution is -2.33. The first-order valence-electron chi connectivity index (χ1n) is 9.40. The Bertz CT molecular complexity index is 1220. The fourth-order valence-corrected chi connectivity index (χ4v) is 3.80. The van der Waals surface area contributed by atoms with Gasteiger partial charge in [-0.2, -0.15) is 0 Å². The minimum Gasteiger partial charge on any atom is -0.507 e. The zero-order valence-electron chi connectivity index (χ0n) is 16.6. The van der Waals surface area contributed by atoms with Crippen molar-refractivity contribution in [1.29, 1.82) is 0 Å². The first-order valence-corrected chi connectivity index (χ1v) is 10.9. The van der Waals surface area contributed by atoms with Gasteiger partial charge in [-0.3, -0.25) is 14.4 Å². The molecule has 4 atom stereocenters. The molecule has 3 aromatic rings. The molecule has 178 valence electrons. The quantitative estimate of drug-likeness (QED) is 0.207. The third-order valence-electron chi connectivity index (χ3n) is 4.98. The second-order valence-electron chi connectivity index (χ2n) is 7.09. The summed E-state index contributed by atoms with van der Waals surface area (Å²) in [5, 5.41) is 42.2. The second-order valence-corrected chi connectivity index (χ2v) is 8.25. The summed E-state index contributed by atoms with van der Waals surface area (Å²) in [7, 11) is -5.02. The smallest absolute Gasteiger partial charge is 0.507 e. The molecule has 0 radical (unpaired) electrons. The summed E-state index contributed by atoms with van der Waals surface area (Å²) in [6.07, 6.45) is -2.37. The molecule has 16 heteroatoms. The first-order chi connectivity index (χ1) is 15.6. The van der Waals surface area contributed by atoms with Gasteiger partial charge in [-0.1, -0.05) is 0 Å². The highest BCUT2D eigenvalue weighted by molar-refractivity contribution is 7.46. The zero-order valence-corrected chi connectivity index (χ0v) is 17.4. The van der Waals surface area contributed by atoms with Crippen LogP contribution in [0.1, 0.15) is 11.8 Å². The van der Waals surface area contributed by atoms with E-state index in [1.54, 1.807) is 0 Å². The summed E-state index contributed by atoms with van der Waals surface area (Å²) in [6.45, 7) is -0.883. The van der Waals surface area contributed by atoms with Crippen LogP contribution in [0.15, 0.2) is 24.8 Å². The number of benzene rings is 1. The van der Waals surface area contributed by atoms with E-state index >= 15 is 0 Å². The number of phenolic OH excluding ortho intramolecular Hbond substituents is 1. The molecule has 14 nitrogen and oxygen atoms in total. The normalized spacial score (nSPS) is 23.2. The van der Waals surface area contributed by atoms with Gasteiger partial charge in [0.1, 0.15) is 30.4 Å². The molecule has 1 saturated heterocycles. The van der Waals surface area contributed by atoms with Crippen molar-refractivity contribution in [3.63, 3.8) is 0 Å². The average Bonchev–Trinajstić information content (AvgIpc) is 3.31. The fraction of sp³-hybridized carbons (Fsp3) is 0.353. The first kappa shape index (κ1) is 23.3. The van der Waals surface area contributed by atoms with Crippen LogP contribution in [0.3, 0.4) is 0 Å². The Labute approximate surface area is 184 Å². The molecule has 33 heavy (non-hydrogen) atoms. The number of ether oxygens (including phenoxy) is 1. The molecule has 0 unspecified atom stereocenters. The Morgan fingerprint density at radius 1 is 1.21 bits per heavy atom. The van der Waals surface area contributed by atoms with Gasteiger partial charge in [0.05, 0.1) is 18.5 Å². The van der Waals surface area contributed by atoms with Crippen molar-refractivity contribution in [2.75, 3.05) is 11.9 Å². The number of nitrogens with zero attached hydrogens (tertiary/aromatic N) is 4. The number of nitrogens with one attached hydrogen (secondary N) is 1. The van der Waals surface area contributed by atoms with Gasteiger partial charge < -0.3 is 35.0 Å². The number of phosphoric ester groups is 1. The molecule has 0 aliphatic carbocycles. The molecule has 1 aromatic carbocycles. The molecular formula is C17H19FN5O9P. The van der Waals surface area contributed by atoms with Crippen molar-refractivity contribution >= 4 is 24.8 Å². The summed E-state index contributed by atoms with van der Waals surface area (Å²) in [6, 6.07) is 1.88. The van der Waals surface area contributed by atoms with Crippen LogP contribution in [0.4, 0.5) is 10.2 Å². The van der Waals surface area contributed by atoms with Crippen LogP contribution in [0.25, 0.3) is 11.2 Å². The third kappa shape index (κ3) is 4.47. The van der Waals surface area contributed by atoms with E-state index in [4.69, 9.17) is 14.5 Å². The van der Waals surface area contributed by atoms with E-state index in [0.29, 0.717) is 0 Å². The maximum atomic E-state index is 14.6. The monoisotopic (exact) mass is 487 g/mol. The summed E-state index contributed by atoms with van der Waals surface area (Å²) in [5.74, 6) is -2.33. The standard InChI is InChI=1S/C17H19FN5O9P/c18-11-7(8(25)1-2-9(11)32-33(28,29)30)3-19-15-12-16(21-5-20-15)23(6-22-12)17-14(27)13(26)10(4-24)31-17/h1-2,5-6,10,13-14,17,24-27H,3-4H2,(H,19,20,21)(H2,28,29,30)/t10-,13-,14-,17-/m1/s1. The van der Waals surface area contributed by atoms with Gasteiger partial charge in [0, 0.05) is 6.54 Å². The van der Waals surface area contributed by atoms with Crippen molar-refractivity contribution in [2.24, 2.45) is 0 Å². The van der Waals surface area contributed by atoms with Crippen molar-refractivity contribution < 1.29 is 48.4 Å². The number of aliphatic hydroxyl groups is 3. The molecule has 1 fully saturated rings. The number of fused-ring (bicyclic) bond motifs is 1. The third-order valence-corrected chi connectivity index (χ3v) is 5.42. The van der Waals surface area contributed by atoms with Gasteiger partial charge >= 0.3 is 7.82 Å². The van der Waals surface area contributed by atoms with Gasteiger partial charge in [-0.15, -0.1) is 0 Å². The number of hydrogen-bond donors (Lipinski definition) is 7. The van der Waals surface area contributed by atoms with E-state index in [2.05, 4.69) is 24.8 Å². The van der Waals surface area contributed by atoms with Gasteiger partial charge in [0.15, 0.2) is 34.8 Å². The predicted octanol–water partition coefficient (Wildman–Crippen LogP) is -0.634. The molecule has 0 spiro atoms. The predicted molar refractivity (Wildman–Crippen MR) is 106 cm³/mol. The largest absolute Gasteiger partial charge is 0.524 e. The van der Waals surface area contributed by atoms with Crippen LogP contribution < -0.4 is 9.84 Å². The number of imidazole rings is 1. The van der Waals surface area contributed by atoms with Gasteiger partial charge in [-0.25, -0.2) is 23.9 Å². The Morgan fingerprint density at radius 2 is 1.97 bits per heavy atom. The summed E-state index contributed by atoms with van der Waals surface area (Å²) >= 11 is 0. The number of aromatic hydroxyl groups is 1. The Morgan fingerprint density at radius 3 is 2.64 bits per heavy atom. The highest BCUT2D eigenvalue weighted by Crippen LogP contribution is 2.41. The lowest BCUT2D eigenvalue weighted by atomic mass is 10.1. The number of aromatic nitrogens is 4. The van der Waals surface area contributed by atoms with Gasteiger partial charge in [-0.05, 0) is 12.1 Å². The van der Waals surface area contributed by atoms with E-state index in [1.807, 2.05) is 0 Å². The number of aliphatic hydroxyl groups excluding tert-OH is 3. The number of phenols is 1. The summed E-state index contributed by atoms with van der Waals surface area (Å²) < 4.78 is 36.7. The SMILES string of the molecule is O=P(O)(O)Oc1ccc(O)c(CNc2ncnc3c2ncn3[C@@H]2O[C@H](CO)[C@@H](O)[C@H]2O)c1F. The maximum absolute atomic E-state index is 14.6. The van der Waals surface area contributed by atoms with Gasteiger partial charge in [0.2, 0.25) is 0 Å². The number of hydrogen-bond acceptors (Lipinski definition) is 11. The minimum absolute atomic E-state index is 0.102. The molecule has 1 aliphatic rings. The lowest BCUT2D eigenvalue weighted by Gasteiger charge is -2.16. The maximum Gasteiger partial charge on any atom is 0.524 e. The van der Waals surface area contributed by atoms with Crippen LogP contribution in [-0.2, 0) is 15.8 Å². The van der Waals surface area contributed by atoms with Crippen molar-refractivity contribution in [2.45, 2.75) is 31.1 Å². The number of halogens is 1. The van der Waals surface area contributed by atoms with E-state index < -0.39 is 56.3 Å². The molecule has 0 saturated carbocycles.